The zero-order valence-electron chi connectivity index (χ0n) is 13.5. The average Bonchev–Trinajstić information content (AvgIpc) is 2.37. The van der Waals surface area contributed by atoms with Gasteiger partial charge in [-0.1, -0.05) is 27.7 Å². The highest BCUT2D eigenvalue weighted by Gasteiger charge is 2.21. The van der Waals surface area contributed by atoms with Crippen LogP contribution in [-0.2, 0) is 21.6 Å². The van der Waals surface area contributed by atoms with E-state index in [0.29, 0.717) is 24.8 Å². The number of methoxy groups -OCH3 is 1. The Morgan fingerprint density at radius 1 is 1.38 bits per heavy atom. The van der Waals surface area contributed by atoms with E-state index in [2.05, 4.69) is 9.97 Å². The maximum Gasteiger partial charge on any atom is 0.323 e. The van der Waals surface area contributed by atoms with Crippen LogP contribution in [0.25, 0.3) is 0 Å². The molecule has 0 spiro atoms. The van der Waals surface area contributed by atoms with Crippen LogP contribution in [0.5, 0.6) is 0 Å². The van der Waals surface area contributed by atoms with Crippen LogP contribution < -0.4 is 4.90 Å². The van der Waals surface area contributed by atoms with E-state index in [0.717, 1.165) is 12.1 Å². The molecule has 1 heterocycles. The molecule has 0 aliphatic heterocycles. The molecule has 1 aromatic heterocycles. The second-order valence-electron chi connectivity index (χ2n) is 6.04. The number of carboxylic acids is 1. The summed E-state index contributed by atoms with van der Waals surface area (Å²) in [6, 6.07) is 1.80. The molecule has 0 aliphatic rings. The van der Waals surface area contributed by atoms with Crippen LogP contribution >= 0.6 is 0 Å². The van der Waals surface area contributed by atoms with Crippen LogP contribution in [0, 0.1) is 0 Å². The van der Waals surface area contributed by atoms with E-state index in [1.165, 1.54) is 0 Å². The Labute approximate surface area is 126 Å². The topological polar surface area (TPSA) is 75.6 Å². The third-order valence-electron chi connectivity index (χ3n) is 2.87. The largest absolute Gasteiger partial charge is 0.480 e. The molecular weight excluding hydrogens is 270 g/mol. The van der Waals surface area contributed by atoms with Gasteiger partial charge in [-0.05, 0) is 6.42 Å². The standard InChI is InChI=1S/C15H25N3O3/c1-6-7-18(9-13(19)20)12-8-11(10-21-5)16-14(17-12)15(2,3)4/h8H,6-7,9-10H2,1-5H3,(H,19,20). The zero-order chi connectivity index (χ0) is 16.0. The summed E-state index contributed by atoms with van der Waals surface area (Å²) in [4.78, 5) is 21.9. The van der Waals surface area contributed by atoms with E-state index >= 15 is 0 Å². The van der Waals surface area contributed by atoms with Gasteiger partial charge in [-0.2, -0.15) is 0 Å². The number of nitrogens with zero attached hydrogens (tertiary/aromatic N) is 3. The van der Waals surface area contributed by atoms with Gasteiger partial charge in [0.05, 0.1) is 12.3 Å². The summed E-state index contributed by atoms with van der Waals surface area (Å²) in [5, 5.41) is 9.06. The van der Waals surface area contributed by atoms with E-state index in [1.807, 2.05) is 27.7 Å². The van der Waals surface area contributed by atoms with Crippen molar-refractivity contribution in [2.24, 2.45) is 0 Å². The molecule has 0 aliphatic carbocycles. The molecule has 1 aromatic rings. The fraction of sp³-hybridized carbons (Fsp3) is 0.667. The van der Waals surface area contributed by atoms with E-state index < -0.39 is 5.97 Å². The Hall–Kier alpha value is -1.69. The molecule has 0 bridgehead atoms. The molecule has 0 radical (unpaired) electrons. The number of anilines is 1. The van der Waals surface area contributed by atoms with Gasteiger partial charge in [-0.3, -0.25) is 4.79 Å². The van der Waals surface area contributed by atoms with E-state index in [1.54, 1.807) is 18.1 Å². The highest BCUT2D eigenvalue weighted by molar-refractivity contribution is 5.73. The molecule has 0 fully saturated rings. The average molecular weight is 295 g/mol. The Balaban J connectivity index is 3.23. The molecule has 118 valence electrons. The number of rotatable bonds is 7. The van der Waals surface area contributed by atoms with Crippen molar-refractivity contribution in [3.63, 3.8) is 0 Å². The summed E-state index contributed by atoms with van der Waals surface area (Å²) in [6.07, 6.45) is 0.849. The van der Waals surface area contributed by atoms with E-state index in [4.69, 9.17) is 9.84 Å². The van der Waals surface area contributed by atoms with Crippen LogP contribution in [0.15, 0.2) is 6.07 Å². The fourth-order valence-electron chi connectivity index (χ4n) is 1.91. The first kappa shape index (κ1) is 17.4. The minimum Gasteiger partial charge on any atom is -0.480 e. The van der Waals surface area contributed by atoms with Crippen LogP contribution in [0.1, 0.15) is 45.6 Å². The quantitative estimate of drug-likeness (QED) is 0.831. The van der Waals surface area contributed by atoms with Crippen LogP contribution in [-0.4, -0.2) is 41.2 Å². The molecule has 0 saturated heterocycles. The lowest BCUT2D eigenvalue weighted by molar-refractivity contribution is -0.135. The van der Waals surface area contributed by atoms with Crippen molar-refractivity contribution < 1.29 is 14.6 Å². The minimum absolute atomic E-state index is 0.0686. The number of aromatic nitrogens is 2. The lowest BCUT2D eigenvalue weighted by Crippen LogP contribution is -2.32. The molecule has 0 atom stereocenters. The molecular formula is C15H25N3O3. The van der Waals surface area contributed by atoms with Crippen LogP contribution in [0.2, 0.25) is 0 Å². The van der Waals surface area contributed by atoms with Crippen molar-refractivity contribution in [2.45, 2.75) is 46.1 Å². The third-order valence-corrected chi connectivity index (χ3v) is 2.87. The fourth-order valence-corrected chi connectivity index (χ4v) is 1.91. The normalized spacial score (nSPS) is 11.5. The van der Waals surface area contributed by atoms with Gasteiger partial charge in [0, 0.05) is 25.1 Å². The van der Waals surface area contributed by atoms with Gasteiger partial charge in [0.1, 0.15) is 18.2 Å². The molecule has 21 heavy (non-hydrogen) atoms. The van der Waals surface area contributed by atoms with Crippen molar-refractivity contribution in [2.75, 3.05) is 25.1 Å². The van der Waals surface area contributed by atoms with Crippen molar-refractivity contribution in [1.82, 2.24) is 9.97 Å². The van der Waals surface area contributed by atoms with Gasteiger partial charge in [0.25, 0.3) is 0 Å². The van der Waals surface area contributed by atoms with Gasteiger partial charge in [-0.25, -0.2) is 9.97 Å². The van der Waals surface area contributed by atoms with Gasteiger partial charge >= 0.3 is 5.97 Å². The second-order valence-corrected chi connectivity index (χ2v) is 6.04. The molecule has 6 nitrogen and oxygen atoms in total. The van der Waals surface area contributed by atoms with Gasteiger partial charge in [0.2, 0.25) is 0 Å². The highest BCUT2D eigenvalue weighted by Crippen LogP contribution is 2.22. The second kappa shape index (κ2) is 7.36. The third kappa shape index (κ3) is 5.30. The number of carbonyl (C=O) groups is 1. The summed E-state index contributed by atoms with van der Waals surface area (Å²) in [6.45, 7) is 9.06. The number of aliphatic carboxylic acids is 1. The van der Waals surface area contributed by atoms with E-state index in [9.17, 15) is 4.79 Å². The summed E-state index contributed by atoms with van der Waals surface area (Å²) >= 11 is 0. The van der Waals surface area contributed by atoms with Gasteiger partial charge in [0.15, 0.2) is 0 Å². The predicted octanol–water partition coefficient (Wildman–Crippen LogP) is 2.22. The molecule has 0 aromatic carbocycles. The number of ether oxygens (including phenoxy) is 1. The summed E-state index contributed by atoms with van der Waals surface area (Å²) in [5.41, 5.74) is 0.554. The van der Waals surface area contributed by atoms with Crippen molar-refractivity contribution in [3.05, 3.63) is 17.6 Å². The van der Waals surface area contributed by atoms with E-state index in [-0.39, 0.29) is 12.0 Å². The lowest BCUT2D eigenvalue weighted by Gasteiger charge is -2.24. The maximum absolute atomic E-state index is 11.0. The summed E-state index contributed by atoms with van der Waals surface area (Å²) in [5.74, 6) is 0.470. The number of hydrogen-bond donors (Lipinski definition) is 1. The first-order chi connectivity index (χ1) is 9.77. The van der Waals surface area contributed by atoms with Crippen molar-refractivity contribution in [1.29, 1.82) is 0 Å². The van der Waals surface area contributed by atoms with Crippen LogP contribution in [0.3, 0.4) is 0 Å². The van der Waals surface area contributed by atoms with Crippen LogP contribution in [0.4, 0.5) is 5.82 Å². The zero-order valence-corrected chi connectivity index (χ0v) is 13.5. The predicted molar refractivity (Wildman–Crippen MR) is 81.6 cm³/mol. The Kier molecular flexibility index (Phi) is 6.08. The first-order valence-electron chi connectivity index (χ1n) is 7.12. The maximum atomic E-state index is 11.0. The Morgan fingerprint density at radius 2 is 2.05 bits per heavy atom. The molecule has 1 rings (SSSR count). The minimum atomic E-state index is -0.868. The molecule has 6 heteroatoms. The Bertz CT molecular complexity index is 484. The lowest BCUT2D eigenvalue weighted by atomic mass is 9.95. The molecule has 0 amide bonds. The first-order valence-corrected chi connectivity index (χ1v) is 7.12. The highest BCUT2D eigenvalue weighted by atomic mass is 16.5. The van der Waals surface area contributed by atoms with Gasteiger partial charge in [-0.15, -0.1) is 0 Å². The summed E-state index contributed by atoms with van der Waals surface area (Å²) in [7, 11) is 1.61. The Morgan fingerprint density at radius 3 is 2.52 bits per heavy atom. The number of hydrogen-bond acceptors (Lipinski definition) is 5. The van der Waals surface area contributed by atoms with Crippen molar-refractivity contribution in [3.8, 4) is 0 Å². The SMILES string of the molecule is CCCN(CC(=O)O)c1cc(COC)nc(C(C)(C)C)n1. The van der Waals surface area contributed by atoms with Gasteiger partial charge < -0.3 is 14.7 Å². The summed E-state index contributed by atoms with van der Waals surface area (Å²) < 4.78 is 5.15. The molecule has 0 saturated carbocycles. The van der Waals surface area contributed by atoms with Crippen molar-refractivity contribution >= 4 is 11.8 Å². The smallest absolute Gasteiger partial charge is 0.323 e. The monoisotopic (exact) mass is 295 g/mol. The molecule has 1 N–H and O–H groups in total. The number of carboxylic acid groups (broad SMARTS) is 1. The molecule has 0 unspecified atom stereocenters.